The quantitative estimate of drug-likeness (QED) is 0.686. The minimum atomic E-state index is -0.638. The average molecular weight is 404 g/mol. The van der Waals surface area contributed by atoms with Crippen LogP contribution in [-0.4, -0.2) is 25.3 Å². The summed E-state index contributed by atoms with van der Waals surface area (Å²) in [6, 6.07) is 8.53. The number of nitrogens with two attached hydrogens (primary N) is 2. The van der Waals surface area contributed by atoms with Gasteiger partial charge in [0.25, 0.3) is 0 Å². The lowest BCUT2D eigenvalue weighted by atomic mass is 10.0. The van der Waals surface area contributed by atoms with E-state index in [1.807, 2.05) is 13.8 Å². The van der Waals surface area contributed by atoms with Gasteiger partial charge in [0.1, 0.15) is 17.7 Å². The van der Waals surface area contributed by atoms with Crippen molar-refractivity contribution in [3.63, 3.8) is 0 Å². The zero-order chi connectivity index (χ0) is 21.4. The van der Waals surface area contributed by atoms with Gasteiger partial charge in [0.05, 0.1) is 18.8 Å². The Morgan fingerprint density at radius 2 is 1.93 bits per heavy atom. The van der Waals surface area contributed by atoms with Crippen molar-refractivity contribution < 1.29 is 18.3 Å². The van der Waals surface area contributed by atoms with Gasteiger partial charge >= 0.3 is 6.09 Å². The monoisotopic (exact) mass is 404 g/mol. The highest BCUT2D eigenvalue weighted by Gasteiger charge is 2.32. The van der Waals surface area contributed by atoms with Gasteiger partial charge in [0, 0.05) is 30.1 Å². The van der Waals surface area contributed by atoms with E-state index in [9.17, 15) is 13.6 Å². The SMILES string of the molecule is CC.N/C=C\NC[C@H]1CN(c2ccc(-c3cc(CN)ccc3F)c(F)c2)C(=O)O1. The van der Waals surface area contributed by atoms with Crippen molar-refractivity contribution >= 4 is 11.8 Å². The zero-order valence-corrected chi connectivity index (χ0v) is 16.5. The number of amides is 1. The molecule has 0 radical (unpaired) electrons. The zero-order valence-electron chi connectivity index (χ0n) is 16.5. The van der Waals surface area contributed by atoms with Crippen molar-refractivity contribution in [1.29, 1.82) is 0 Å². The molecule has 6 nitrogen and oxygen atoms in total. The second-order valence-corrected chi connectivity index (χ2v) is 6.07. The van der Waals surface area contributed by atoms with E-state index in [0.717, 1.165) is 0 Å². The molecule has 0 saturated carbocycles. The van der Waals surface area contributed by atoms with Gasteiger partial charge in [-0.15, -0.1) is 0 Å². The smallest absolute Gasteiger partial charge is 0.414 e. The standard InChI is InChI=1S/C19H20F2N4O2.C2H6/c20-17-4-1-12(9-23)7-16(17)15-3-2-13(8-18(15)21)25-11-14(27-19(25)26)10-24-6-5-22;1-2/h1-8,14,24H,9-11,22-23H2;1-2H3/b6-5-;/t14-;/m0./s1. The molecule has 1 amide bonds. The highest BCUT2D eigenvalue weighted by atomic mass is 19.1. The highest BCUT2D eigenvalue weighted by molar-refractivity contribution is 5.90. The van der Waals surface area contributed by atoms with E-state index in [4.69, 9.17) is 16.2 Å². The molecule has 0 bridgehead atoms. The largest absolute Gasteiger partial charge is 0.442 e. The molecule has 0 aliphatic carbocycles. The minimum absolute atomic E-state index is 0.102. The summed E-state index contributed by atoms with van der Waals surface area (Å²) in [5.41, 5.74) is 12.1. The number of anilines is 1. The van der Waals surface area contributed by atoms with Crippen LogP contribution in [-0.2, 0) is 11.3 Å². The second-order valence-electron chi connectivity index (χ2n) is 6.07. The fourth-order valence-corrected chi connectivity index (χ4v) is 2.90. The molecule has 0 spiro atoms. The summed E-state index contributed by atoms with van der Waals surface area (Å²) in [6.07, 6.45) is 1.91. The predicted octanol–water partition coefficient (Wildman–Crippen LogP) is 3.46. The van der Waals surface area contributed by atoms with Gasteiger partial charge in [-0.2, -0.15) is 0 Å². The number of hydrogen-bond donors (Lipinski definition) is 3. The first kappa shape index (κ1) is 22.2. The molecule has 1 aliphatic heterocycles. The third kappa shape index (κ3) is 5.23. The van der Waals surface area contributed by atoms with Gasteiger partial charge < -0.3 is 21.5 Å². The van der Waals surface area contributed by atoms with Crippen molar-refractivity contribution in [1.82, 2.24) is 5.32 Å². The van der Waals surface area contributed by atoms with Crippen molar-refractivity contribution in [2.24, 2.45) is 11.5 Å². The molecule has 1 atom stereocenters. The molecule has 8 heteroatoms. The predicted molar refractivity (Wildman–Crippen MR) is 110 cm³/mol. The number of nitrogens with one attached hydrogen (secondary N) is 1. The summed E-state index contributed by atoms with van der Waals surface area (Å²) in [7, 11) is 0. The van der Waals surface area contributed by atoms with E-state index in [1.165, 1.54) is 41.6 Å². The third-order valence-electron chi connectivity index (χ3n) is 4.25. The number of halogens is 2. The van der Waals surface area contributed by atoms with Gasteiger partial charge in [-0.05, 0) is 35.9 Å². The van der Waals surface area contributed by atoms with Crippen LogP contribution in [0.3, 0.4) is 0 Å². The fourth-order valence-electron chi connectivity index (χ4n) is 2.90. The van der Waals surface area contributed by atoms with Crippen LogP contribution >= 0.6 is 0 Å². The van der Waals surface area contributed by atoms with E-state index in [1.54, 1.807) is 12.1 Å². The molecule has 1 fully saturated rings. The molecule has 5 N–H and O–H groups in total. The van der Waals surface area contributed by atoms with E-state index >= 15 is 0 Å². The first-order valence-corrected chi connectivity index (χ1v) is 9.40. The number of cyclic esters (lactones) is 1. The molecular formula is C21H26F2N4O2. The molecule has 1 saturated heterocycles. The summed E-state index contributed by atoms with van der Waals surface area (Å²) < 4.78 is 34.0. The Labute approximate surface area is 169 Å². The van der Waals surface area contributed by atoms with Crippen LogP contribution in [0.25, 0.3) is 11.1 Å². The van der Waals surface area contributed by atoms with Gasteiger partial charge in [0.2, 0.25) is 0 Å². The van der Waals surface area contributed by atoms with Crippen LogP contribution in [0.2, 0.25) is 0 Å². The summed E-state index contributed by atoms with van der Waals surface area (Å²) in [4.78, 5) is 13.4. The maximum atomic E-state index is 14.7. The first-order valence-electron chi connectivity index (χ1n) is 9.40. The lowest BCUT2D eigenvalue weighted by Crippen LogP contribution is -2.28. The second kappa shape index (κ2) is 10.4. The summed E-state index contributed by atoms with van der Waals surface area (Å²) >= 11 is 0. The third-order valence-corrected chi connectivity index (χ3v) is 4.25. The van der Waals surface area contributed by atoms with E-state index in [0.29, 0.717) is 17.8 Å². The lowest BCUT2D eigenvalue weighted by Gasteiger charge is -2.15. The maximum Gasteiger partial charge on any atom is 0.414 e. The van der Waals surface area contributed by atoms with E-state index in [-0.39, 0.29) is 24.2 Å². The van der Waals surface area contributed by atoms with Crippen LogP contribution in [0.15, 0.2) is 48.8 Å². The number of ether oxygens (including phenoxy) is 1. The number of benzene rings is 2. The molecule has 1 heterocycles. The molecule has 2 aromatic carbocycles. The molecule has 1 aliphatic rings. The van der Waals surface area contributed by atoms with Gasteiger partial charge in [-0.3, -0.25) is 4.90 Å². The van der Waals surface area contributed by atoms with Crippen molar-refractivity contribution in [2.75, 3.05) is 18.0 Å². The molecule has 3 rings (SSSR count). The number of carbonyl (C=O) groups is 1. The summed E-state index contributed by atoms with van der Waals surface area (Å²) in [6.45, 7) is 4.87. The summed E-state index contributed by atoms with van der Waals surface area (Å²) in [5.74, 6) is -1.18. The molecule has 0 aromatic heterocycles. The Bertz CT molecular complexity index is 874. The Hall–Kier alpha value is -3.13. The van der Waals surface area contributed by atoms with E-state index < -0.39 is 23.8 Å². The van der Waals surface area contributed by atoms with Crippen molar-refractivity contribution in [3.8, 4) is 11.1 Å². The van der Waals surface area contributed by atoms with Crippen LogP contribution in [0, 0.1) is 11.6 Å². The number of hydrogen-bond acceptors (Lipinski definition) is 5. The number of carbonyl (C=O) groups excluding carboxylic acids is 1. The molecule has 0 unspecified atom stereocenters. The van der Waals surface area contributed by atoms with E-state index in [2.05, 4.69) is 5.32 Å². The minimum Gasteiger partial charge on any atom is -0.442 e. The summed E-state index contributed by atoms with van der Waals surface area (Å²) in [5, 5.41) is 2.89. The van der Waals surface area contributed by atoms with Crippen LogP contribution < -0.4 is 21.7 Å². The molecule has 2 aromatic rings. The molecule has 29 heavy (non-hydrogen) atoms. The van der Waals surface area contributed by atoms with Crippen LogP contribution in [0.4, 0.5) is 19.3 Å². The fraction of sp³-hybridized carbons (Fsp3) is 0.286. The maximum absolute atomic E-state index is 14.7. The van der Waals surface area contributed by atoms with Crippen molar-refractivity contribution in [2.45, 2.75) is 26.5 Å². The first-order chi connectivity index (χ1) is 14.0. The normalized spacial score (nSPS) is 15.8. The van der Waals surface area contributed by atoms with Crippen LogP contribution in [0.1, 0.15) is 19.4 Å². The number of rotatable bonds is 6. The van der Waals surface area contributed by atoms with Crippen LogP contribution in [0.5, 0.6) is 0 Å². The molecule has 156 valence electrons. The Balaban J connectivity index is 0.00000145. The lowest BCUT2D eigenvalue weighted by molar-refractivity contribution is 0.142. The number of nitrogens with zero attached hydrogens (tertiary/aromatic N) is 1. The average Bonchev–Trinajstić information content (AvgIpc) is 3.11. The highest BCUT2D eigenvalue weighted by Crippen LogP contribution is 2.31. The van der Waals surface area contributed by atoms with Gasteiger partial charge in [0.15, 0.2) is 0 Å². The van der Waals surface area contributed by atoms with Gasteiger partial charge in [-0.1, -0.05) is 19.9 Å². The Kier molecular flexibility index (Phi) is 7.97. The Morgan fingerprint density at radius 1 is 1.17 bits per heavy atom. The van der Waals surface area contributed by atoms with Crippen molar-refractivity contribution in [3.05, 3.63) is 66.0 Å². The topological polar surface area (TPSA) is 93.6 Å². The molecular weight excluding hydrogens is 378 g/mol. The Morgan fingerprint density at radius 3 is 2.59 bits per heavy atom. The van der Waals surface area contributed by atoms with Gasteiger partial charge in [-0.25, -0.2) is 13.6 Å².